The molecule has 1 aliphatic carbocycles. The van der Waals surface area contributed by atoms with E-state index in [0.717, 1.165) is 5.92 Å². The molecule has 1 N–H and O–H groups in total. The van der Waals surface area contributed by atoms with Crippen LogP contribution in [-0.4, -0.2) is 4.92 Å². The summed E-state index contributed by atoms with van der Waals surface area (Å²) in [6, 6.07) is 13.0. The number of rotatable bonds is 5. The maximum absolute atomic E-state index is 10.7. The molecule has 0 amide bonds. The van der Waals surface area contributed by atoms with Crippen LogP contribution in [0.15, 0.2) is 42.5 Å². The lowest BCUT2D eigenvalue weighted by Crippen LogP contribution is -2.01. The molecule has 0 heterocycles. The van der Waals surface area contributed by atoms with Gasteiger partial charge in [-0.25, -0.2) is 0 Å². The predicted molar refractivity (Wildman–Crippen MR) is 83.9 cm³/mol. The molecule has 0 radical (unpaired) electrons. The van der Waals surface area contributed by atoms with Crippen LogP contribution >= 0.6 is 11.6 Å². The van der Waals surface area contributed by atoms with Crippen molar-refractivity contribution < 1.29 is 4.92 Å². The first-order valence-electron chi connectivity index (χ1n) is 6.90. The third-order valence-corrected chi connectivity index (χ3v) is 3.96. The van der Waals surface area contributed by atoms with Crippen LogP contribution in [-0.2, 0) is 6.54 Å². The highest BCUT2D eigenvalue weighted by atomic mass is 35.5. The van der Waals surface area contributed by atoms with E-state index in [1.54, 1.807) is 6.07 Å². The number of halogens is 1. The quantitative estimate of drug-likeness (QED) is 0.641. The zero-order valence-electron chi connectivity index (χ0n) is 11.4. The Morgan fingerprint density at radius 1 is 1.24 bits per heavy atom. The van der Waals surface area contributed by atoms with Crippen LogP contribution in [0.25, 0.3) is 0 Å². The Morgan fingerprint density at radius 2 is 2.05 bits per heavy atom. The van der Waals surface area contributed by atoms with E-state index >= 15 is 0 Å². The fourth-order valence-corrected chi connectivity index (χ4v) is 2.57. The predicted octanol–water partition coefficient (Wildman–Crippen LogP) is 4.74. The third-order valence-electron chi connectivity index (χ3n) is 3.65. The van der Waals surface area contributed by atoms with Crippen molar-refractivity contribution >= 4 is 23.0 Å². The van der Waals surface area contributed by atoms with Crippen molar-refractivity contribution in [3.05, 3.63) is 68.7 Å². The van der Waals surface area contributed by atoms with Crippen LogP contribution in [0.5, 0.6) is 0 Å². The number of nitro benzene ring substituents is 1. The first kappa shape index (κ1) is 13.9. The summed E-state index contributed by atoms with van der Waals surface area (Å²) in [6.07, 6.45) is 2.57. The summed E-state index contributed by atoms with van der Waals surface area (Å²) in [5, 5.41) is 14.3. The monoisotopic (exact) mass is 302 g/mol. The molecule has 0 spiro atoms. The summed E-state index contributed by atoms with van der Waals surface area (Å²) >= 11 is 6.06. The van der Waals surface area contributed by atoms with Crippen LogP contribution in [0.2, 0.25) is 5.02 Å². The van der Waals surface area contributed by atoms with Crippen LogP contribution in [0, 0.1) is 10.1 Å². The van der Waals surface area contributed by atoms with E-state index in [0.29, 0.717) is 17.3 Å². The van der Waals surface area contributed by atoms with E-state index < -0.39 is 4.92 Å². The highest BCUT2D eigenvalue weighted by Crippen LogP contribution is 2.40. The maximum atomic E-state index is 10.7. The highest BCUT2D eigenvalue weighted by Gasteiger charge is 2.23. The van der Waals surface area contributed by atoms with Crippen molar-refractivity contribution in [2.24, 2.45) is 0 Å². The molecule has 1 fully saturated rings. The van der Waals surface area contributed by atoms with E-state index in [4.69, 9.17) is 11.6 Å². The molecule has 2 aromatic carbocycles. The SMILES string of the molecule is O=[N+]([O-])c1ccc(NCc2cccc(C3CC3)c2)c(Cl)c1. The average Bonchev–Trinajstić information content (AvgIpc) is 3.31. The van der Waals surface area contributed by atoms with Gasteiger partial charge < -0.3 is 5.32 Å². The van der Waals surface area contributed by atoms with Gasteiger partial charge in [-0.3, -0.25) is 10.1 Å². The molecule has 0 unspecified atom stereocenters. The normalized spacial score (nSPS) is 14.0. The molecule has 108 valence electrons. The topological polar surface area (TPSA) is 55.2 Å². The maximum Gasteiger partial charge on any atom is 0.271 e. The number of anilines is 1. The lowest BCUT2D eigenvalue weighted by atomic mass is 10.1. The molecule has 5 heteroatoms. The fourth-order valence-electron chi connectivity index (χ4n) is 2.33. The summed E-state index contributed by atoms with van der Waals surface area (Å²) in [7, 11) is 0. The molecular weight excluding hydrogens is 288 g/mol. The lowest BCUT2D eigenvalue weighted by Gasteiger charge is -2.09. The fraction of sp³-hybridized carbons (Fsp3) is 0.250. The summed E-state index contributed by atoms with van der Waals surface area (Å²) in [5.41, 5.74) is 3.29. The van der Waals surface area contributed by atoms with Gasteiger partial charge >= 0.3 is 0 Å². The van der Waals surface area contributed by atoms with Gasteiger partial charge in [0, 0.05) is 18.7 Å². The minimum absolute atomic E-state index is 0.00119. The van der Waals surface area contributed by atoms with Gasteiger partial charge in [-0.2, -0.15) is 0 Å². The minimum Gasteiger partial charge on any atom is -0.380 e. The van der Waals surface area contributed by atoms with Gasteiger partial charge in [-0.15, -0.1) is 0 Å². The van der Waals surface area contributed by atoms with Gasteiger partial charge in [0.2, 0.25) is 0 Å². The van der Waals surface area contributed by atoms with Crippen LogP contribution in [0.1, 0.15) is 29.9 Å². The first-order valence-corrected chi connectivity index (χ1v) is 7.28. The second kappa shape index (κ2) is 5.74. The van der Waals surface area contributed by atoms with Crippen molar-refractivity contribution in [1.29, 1.82) is 0 Å². The van der Waals surface area contributed by atoms with Crippen molar-refractivity contribution in [2.75, 3.05) is 5.32 Å². The summed E-state index contributed by atoms with van der Waals surface area (Å²) in [5.74, 6) is 0.730. The van der Waals surface area contributed by atoms with Crippen molar-refractivity contribution in [2.45, 2.75) is 25.3 Å². The number of nitrogens with zero attached hydrogens (tertiary/aromatic N) is 1. The zero-order valence-corrected chi connectivity index (χ0v) is 12.1. The van der Waals surface area contributed by atoms with Crippen LogP contribution in [0.4, 0.5) is 11.4 Å². The van der Waals surface area contributed by atoms with E-state index in [-0.39, 0.29) is 5.69 Å². The Hall–Kier alpha value is -2.07. The first-order chi connectivity index (χ1) is 10.1. The smallest absolute Gasteiger partial charge is 0.271 e. The molecule has 1 aliphatic rings. The Labute approximate surface area is 127 Å². The number of hydrogen-bond acceptors (Lipinski definition) is 3. The molecule has 2 aromatic rings. The largest absolute Gasteiger partial charge is 0.380 e. The number of nitrogens with one attached hydrogen (secondary N) is 1. The second-order valence-electron chi connectivity index (χ2n) is 5.29. The van der Waals surface area contributed by atoms with Gasteiger partial charge in [0.15, 0.2) is 0 Å². The highest BCUT2D eigenvalue weighted by molar-refractivity contribution is 6.33. The molecule has 0 aromatic heterocycles. The van der Waals surface area contributed by atoms with Gasteiger partial charge in [-0.05, 0) is 36.0 Å². The van der Waals surface area contributed by atoms with Gasteiger partial charge in [0.05, 0.1) is 15.6 Å². The molecule has 0 aliphatic heterocycles. The van der Waals surface area contributed by atoms with Crippen LogP contribution < -0.4 is 5.32 Å². The van der Waals surface area contributed by atoms with E-state index in [2.05, 4.69) is 29.6 Å². The third kappa shape index (κ3) is 3.34. The lowest BCUT2D eigenvalue weighted by molar-refractivity contribution is -0.384. The average molecular weight is 303 g/mol. The van der Waals surface area contributed by atoms with E-state index in [1.807, 2.05) is 0 Å². The molecule has 0 bridgehead atoms. The number of nitro groups is 1. The Morgan fingerprint density at radius 3 is 2.71 bits per heavy atom. The van der Waals surface area contributed by atoms with Gasteiger partial charge in [0.1, 0.15) is 0 Å². The Balaban J connectivity index is 1.69. The standard InChI is InChI=1S/C16H15ClN2O2/c17-15-9-14(19(20)21)6-7-16(15)18-10-11-2-1-3-13(8-11)12-4-5-12/h1-3,6-9,12,18H,4-5,10H2. The van der Waals surface area contributed by atoms with Crippen molar-refractivity contribution in [3.8, 4) is 0 Å². The second-order valence-corrected chi connectivity index (χ2v) is 5.70. The van der Waals surface area contributed by atoms with Crippen LogP contribution in [0.3, 0.4) is 0 Å². The number of benzene rings is 2. The zero-order chi connectivity index (χ0) is 14.8. The number of hydrogen-bond donors (Lipinski definition) is 1. The molecule has 3 rings (SSSR count). The molecule has 4 nitrogen and oxygen atoms in total. The van der Waals surface area contributed by atoms with E-state index in [1.165, 1.54) is 36.1 Å². The summed E-state index contributed by atoms with van der Waals surface area (Å²) in [4.78, 5) is 10.2. The Bertz CT molecular complexity index is 684. The van der Waals surface area contributed by atoms with Gasteiger partial charge in [0.25, 0.3) is 5.69 Å². The molecule has 0 atom stereocenters. The van der Waals surface area contributed by atoms with E-state index in [9.17, 15) is 10.1 Å². The Kier molecular flexibility index (Phi) is 3.80. The molecule has 21 heavy (non-hydrogen) atoms. The van der Waals surface area contributed by atoms with Crippen molar-refractivity contribution in [1.82, 2.24) is 0 Å². The van der Waals surface area contributed by atoms with Gasteiger partial charge in [-0.1, -0.05) is 35.9 Å². The summed E-state index contributed by atoms with van der Waals surface area (Å²) < 4.78 is 0. The molecule has 0 saturated heterocycles. The summed E-state index contributed by atoms with van der Waals surface area (Å²) in [6.45, 7) is 0.651. The minimum atomic E-state index is -0.450. The molecule has 1 saturated carbocycles. The van der Waals surface area contributed by atoms with Crippen molar-refractivity contribution in [3.63, 3.8) is 0 Å². The number of non-ortho nitro benzene ring substituents is 1. The molecular formula is C16H15ClN2O2.